The van der Waals surface area contributed by atoms with E-state index in [1.807, 2.05) is 41.3 Å². The van der Waals surface area contributed by atoms with Crippen molar-refractivity contribution in [2.75, 3.05) is 26.0 Å². The molecule has 2 heterocycles. The lowest BCUT2D eigenvalue weighted by atomic mass is 10.3. The minimum atomic E-state index is 0.0692. The minimum absolute atomic E-state index is 0.0692. The number of rotatable bonds is 10. The van der Waals surface area contributed by atoms with E-state index >= 15 is 0 Å². The van der Waals surface area contributed by atoms with E-state index in [0.29, 0.717) is 32.0 Å². The minimum Gasteiger partial charge on any atom is -0.383 e. The number of thioether (sulfide) groups is 1. The van der Waals surface area contributed by atoms with Crippen LogP contribution in [0, 0.1) is 0 Å². The lowest BCUT2D eigenvalue weighted by Crippen LogP contribution is -2.31. The maximum Gasteiger partial charge on any atom is 0.233 e. The van der Waals surface area contributed by atoms with Crippen LogP contribution in [0.3, 0.4) is 0 Å². The van der Waals surface area contributed by atoms with E-state index in [1.165, 1.54) is 11.8 Å². The van der Waals surface area contributed by atoms with Gasteiger partial charge in [0.25, 0.3) is 0 Å². The van der Waals surface area contributed by atoms with Crippen LogP contribution in [0.15, 0.2) is 58.0 Å². The normalized spacial score (nSPS) is 11.1. The molecule has 0 aliphatic heterocycles. The monoisotopic (exact) mass is 479 g/mol. The van der Waals surface area contributed by atoms with Gasteiger partial charge in [0, 0.05) is 25.1 Å². The summed E-state index contributed by atoms with van der Waals surface area (Å²) in [6, 6.07) is 12.0. The number of nitrogens with zero attached hydrogens (tertiary/aromatic N) is 3. The van der Waals surface area contributed by atoms with Gasteiger partial charge in [0.05, 0.1) is 33.7 Å². The van der Waals surface area contributed by atoms with Crippen LogP contribution in [0.1, 0.15) is 4.88 Å². The Kier molecular flexibility index (Phi) is 7.73. The van der Waals surface area contributed by atoms with Crippen molar-refractivity contribution in [3.05, 3.63) is 57.7 Å². The first-order valence-electron chi connectivity index (χ1n) is 8.82. The number of imidazole rings is 1. The van der Waals surface area contributed by atoms with Gasteiger partial charge in [-0.2, -0.15) is 0 Å². The molecule has 3 aromatic rings. The summed E-state index contributed by atoms with van der Waals surface area (Å²) in [6.45, 7) is 6.19. The maximum absolute atomic E-state index is 12.8. The Labute approximate surface area is 181 Å². The van der Waals surface area contributed by atoms with E-state index in [4.69, 9.17) is 9.72 Å². The van der Waals surface area contributed by atoms with E-state index in [9.17, 15) is 4.79 Å². The predicted molar refractivity (Wildman–Crippen MR) is 120 cm³/mol. The Morgan fingerprint density at radius 1 is 1.39 bits per heavy atom. The zero-order valence-electron chi connectivity index (χ0n) is 15.6. The third kappa shape index (κ3) is 5.26. The summed E-state index contributed by atoms with van der Waals surface area (Å²) < 4.78 is 8.42. The molecule has 0 aliphatic rings. The standard InChI is InChI=1S/C20H22BrN3O2S2/c1-3-10-23(13-15-8-9-18(21)28-15)19(25)14-27-20-22-16-6-4-5-7-17(16)24(20)11-12-26-2/h3-9H,1,10-14H2,2H3. The second-order valence-electron chi connectivity index (χ2n) is 6.08. The van der Waals surface area contributed by atoms with Crippen LogP contribution < -0.4 is 0 Å². The molecule has 1 amide bonds. The van der Waals surface area contributed by atoms with Crippen molar-refractivity contribution in [2.45, 2.75) is 18.2 Å². The van der Waals surface area contributed by atoms with Gasteiger partial charge in [0.15, 0.2) is 5.16 Å². The number of ether oxygens (including phenoxy) is 1. The van der Waals surface area contributed by atoms with Crippen molar-refractivity contribution >= 4 is 56.0 Å². The summed E-state index contributed by atoms with van der Waals surface area (Å²) in [7, 11) is 1.69. The molecule has 0 N–H and O–H groups in total. The van der Waals surface area contributed by atoms with Gasteiger partial charge < -0.3 is 14.2 Å². The van der Waals surface area contributed by atoms with Crippen LogP contribution in [0.25, 0.3) is 11.0 Å². The number of benzene rings is 1. The number of thiophene rings is 1. The molecule has 0 bridgehead atoms. The molecule has 8 heteroatoms. The average molecular weight is 480 g/mol. The first-order valence-corrected chi connectivity index (χ1v) is 11.4. The van der Waals surface area contributed by atoms with Crippen LogP contribution in [-0.2, 0) is 22.6 Å². The van der Waals surface area contributed by atoms with Crippen molar-refractivity contribution in [1.29, 1.82) is 0 Å². The predicted octanol–water partition coefficient (Wildman–Crippen LogP) is 4.81. The molecule has 0 atom stereocenters. The zero-order valence-corrected chi connectivity index (χ0v) is 18.9. The number of carbonyl (C=O) groups excluding carboxylic acids is 1. The molecule has 0 saturated heterocycles. The number of hydrogen-bond acceptors (Lipinski definition) is 5. The van der Waals surface area contributed by atoms with E-state index in [1.54, 1.807) is 24.5 Å². The number of halogens is 1. The summed E-state index contributed by atoms with van der Waals surface area (Å²) in [5.74, 6) is 0.399. The molecule has 1 aromatic carbocycles. The highest BCUT2D eigenvalue weighted by atomic mass is 79.9. The molecule has 0 fully saturated rings. The molecule has 28 heavy (non-hydrogen) atoms. The highest BCUT2D eigenvalue weighted by Crippen LogP contribution is 2.26. The molecule has 2 aromatic heterocycles. The van der Waals surface area contributed by atoms with Crippen molar-refractivity contribution in [3.63, 3.8) is 0 Å². The molecule has 148 valence electrons. The molecule has 0 unspecified atom stereocenters. The number of hydrogen-bond donors (Lipinski definition) is 0. The third-order valence-electron chi connectivity index (χ3n) is 4.14. The lowest BCUT2D eigenvalue weighted by Gasteiger charge is -2.20. The average Bonchev–Trinajstić information content (AvgIpc) is 3.27. The van der Waals surface area contributed by atoms with Crippen LogP contribution in [0.5, 0.6) is 0 Å². The number of amides is 1. The van der Waals surface area contributed by atoms with Crippen molar-refractivity contribution in [1.82, 2.24) is 14.5 Å². The fourth-order valence-electron chi connectivity index (χ4n) is 2.82. The van der Waals surface area contributed by atoms with Gasteiger partial charge in [0.1, 0.15) is 0 Å². The Hall–Kier alpha value is -1.61. The van der Waals surface area contributed by atoms with E-state index in [0.717, 1.165) is 24.9 Å². The van der Waals surface area contributed by atoms with E-state index < -0.39 is 0 Å². The number of para-hydroxylation sites is 2. The zero-order chi connectivity index (χ0) is 19.9. The number of fused-ring (bicyclic) bond motifs is 1. The van der Waals surface area contributed by atoms with Gasteiger partial charge in [-0.15, -0.1) is 17.9 Å². The molecule has 0 spiro atoms. The quantitative estimate of drug-likeness (QED) is 0.309. The van der Waals surface area contributed by atoms with Crippen LogP contribution in [0.2, 0.25) is 0 Å². The molecular weight excluding hydrogens is 458 g/mol. The van der Waals surface area contributed by atoms with E-state index in [-0.39, 0.29) is 5.91 Å². The second kappa shape index (κ2) is 10.2. The molecule has 0 radical (unpaired) electrons. The first-order chi connectivity index (χ1) is 13.6. The van der Waals surface area contributed by atoms with Crippen LogP contribution in [0.4, 0.5) is 0 Å². The summed E-state index contributed by atoms with van der Waals surface area (Å²) in [4.78, 5) is 20.5. The summed E-state index contributed by atoms with van der Waals surface area (Å²) >= 11 is 6.58. The van der Waals surface area contributed by atoms with Gasteiger partial charge in [-0.1, -0.05) is 30.0 Å². The summed E-state index contributed by atoms with van der Waals surface area (Å²) in [6.07, 6.45) is 1.76. The fourth-order valence-corrected chi connectivity index (χ4v) is 5.26. The van der Waals surface area contributed by atoms with Gasteiger partial charge >= 0.3 is 0 Å². The first kappa shape index (κ1) is 21.1. The Bertz CT molecular complexity index is 954. The Morgan fingerprint density at radius 3 is 2.93 bits per heavy atom. The largest absolute Gasteiger partial charge is 0.383 e. The van der Waals surface area contributed by atoms with Crippen LogP contribution in [-0.4, -0.2) is 46.4 Å². The molecular formula is C20H22BrN3O2S2. The third-order valence-corrected chi connectivity index (χ3v) is 6.71. The fraction of sp³-hybridized carbons (Fsp3) is 0.300. The topological polar surface area (TPSA) is 47.4 Å². The van der Waals surface area contributed by atoms with Gasteiger partial charge in [-0.25, -0.2) is 4.98 Å². The van der Waals surface area contributed by atoms with Crippen molar-refractivity contribution in [3.8, 4) is 0 Å². The Balaban J connectivity index is 1.72. The van der Waals surface area contributed by atoms with E-state index in [2.05, 4.69) is 27.1 Å². The lowest BCUT2D eigenvalue weighted by molar-refractivity contribution is -0.128. The maximum atomic E-state index is 12.8. The SMILES string of the molecule is C=CCN(Cc1ccc(Br)s1)C(=O)CSc1nc2ccccc2n1CCOC. The number of methoxy groups -OCH3 is 1. The summed E-state index contributed by atoms with van der Waals surface area (Å²) in [5, 5.41) is 0.837. The Morgan fingerprint density at radius 2 is 2.21 bits per heavy atom. The molecule has 0 saturated carbocycles. The van der Waals surface area contributed by atoms with Gasteiger partial charge in [0.2, 0.25) is 5.91 Å². The van der Waals surface area contributed by atoms with Crippen molar-refractivity contribution in [2.24, 2.45) is 0 Å². The van der Waals surface area contributed by atoms with Crippen LogP contribution >= 0.6 is 39.0 Å². The van der Waals surface area contributed by atoms with Gasteiger partial charge in [-0.05, 0) is 40.2 Å². The smallest absolute Gasteiger partial charge is 0.233 e. The highest BCUT2D eigenvalue weighted by Gasteiger charge is 2.17. The molecule has 5 nitrogen and oxygen atoms in total. The van der Waals surface area contributed by atoms with Crippen molar-refractivity contribution < 1.29 is 9.53 Å². The number of aromatic nitrogens is 2. The van der Waals surface area contributed by atoms with Gasteiger partial charge in [-0.3, -0.25) is 4.79 Å². The summed E-state index contributed by atoms with van der Waals surface area (Å²) in [5.41, 5.74) is 1.99. The second-order valence-corrected chi connectivity index (χ2v) is 9.58. The highest BCUT2D eigenvalue weighted by molar-refractivity contribution is 9.11. The molecule has 0 aliphatic carbocycles. The molecule has 3 rings (SSSR count). The number of carbonyl (C=O) groups is 1.